The molecule has 0 spiro atoms. The summed E-state index contributed by atoms with van der Waals surface area (Å²) in [6, 6.07) is 0. The Morgan fingerprint density at radius 1 is 1.82 bits per heavy atom. The average Bonchev–Trinajstić information content (AvgIpc) is 2.38. The minimum atomic E-state index is -0.760. The van der Waals surface area contributed by atoms with Gasteiger partial charge in [-0.2, -0.15) is 0 Å². The number of rotatable bonds is 3. The van der Waals surface area contributed by atoms with Gasteiger partial charge in [-0.3, -0.25) is 4.79 Å². The van der Waals surface area contributed by atoms with Crippen LogP contribution in [0.1, 0.15) is 6.42 Å². The van der Waals surface area contributed by atoms with Crippen molar-refractivity contribution >= 4 is 5.97 Å². The molecule has 0 aliphatic carbocycles. The Bertz CT molecular complexity index is 152. The van der Waals surface area contributed by atoms with E-state index in [9.17, 15) is 4.79 Å². The first kappa shape index (κ1) is 8.49. The van der Waals surface area contributed by atoms with Gasteiger partial charge in [0, 0.05) is 13.7 Å². The lowest BCUT2D eigenvalue weighted by atomic mass is 9.88. The van der Waals surface area contributed by atoms with E-state index in [1.807, 2.05) is 0 Å². The third kappa shape index (κ3) is 1.52. The van der Waals surface area contributed by atoms with Crippen LogP contribution in [-0.4, -0.2) is 37.9 Å². The van der Waals surface area contributed by atoms with Gasteiger partial charge in [-0.05, 0) is 13.0 Å². The summed E-state index contributed by atoms with van der Waals surface area (Å²) in [5.74, 6) is -0.760. The molecule has 0 aromatic heterocycles. The summed E-state index contributed by atoms with van der Waals surface area (Å²) < 4.78 is 4.87. The number of nitrogens with one attached hydrogen (secondary N) is 1. The lowest BCUT2D eigenvalue weighted by Gasteiger charge is -2.20. The molecule has 0 amide bonds. The van der Waals surface area contributed by atoms with Gasteiger partial charge in [0.25, 0.3) is 0 Å². The van der Waals surface area contributed by atoms with E-state index in [1.165, 1.54) is 7.11 Å². The molecular formula is C7H13NO3. The maximum atomic E-state index is 10.8. The van der Waals surface area contributed by atoms with Gasteiger partial charge < -0.3 is 15.2 Å². The Morgan fingerprint density at radius 2 is 2.55 bits per heavy atom. The molecule has 1 saturated heterocycles. The van der Waals surface area contributed by atoms with Crippen LogP contribution in [0.5, 0.6) is 0 Å². The van der Waals surface area contributed by atoms with Crippen LogP contribution in [0.25, 0.3) is 0 Å². The smallest absolute Gasteiger partial charge is 0.313 e. The van der Waals surface area contributed by atoms with Gasteiger partial charge in [0.2, 0.25) is 0 Å². The molecule has 4 heteroatoms. The third-order valence-corrected chi connectivity index (χ3v) is 2.12. The molecule has 1 aliphatic heterocycles. The molecule has 0 unspecified atom stereocenters. The first-order valence-corrected chi connectivity index (χ1v) is 3.64. The number of ether oxygens (including phenoxy) is 1. The molecular weight excluding hydrogens is 146 g/mol. The maximum Gasteiger partial charge on any atom is 0.313 e. The summed E-state index contributed by atoms with van der Waals surface area (Å²) in [5.41, 5.74) is -0.672. The molecule has 0 bridgehead atoms. The second-order valence-corrected chi connectivity index (χ2v) is 2.95. The van der Waals surface area contributed by atoms with E-state index in [4.69, 9.17) is 9.84 Å². The van der Waals surface area contributed by atoms with Crippen LogP contribution < -0.4 is 5.32 Å². The highest BCUT2D eigenvalue weighted by Gasteiger charge is 2.41. The van der Waals surface area contributed by atoms with Crippen molar-refractivity contribution in [3.05, 3.63) is 0 Å². The van der Waals surface area contributed by atoms with Gasteiger partial charge in [-0.1, -0.05) is 0 Å². The number of carbonyl (C=O) groups is 1. The number of carboxylic acids is 1. The van der Waals surface area contributed by atoms with Crippen molar-refractivity contribution in [3.8, 4) is 0 Å². The molecule has 4 nitrogen and oxygen atoms in total. The SMILES string of the molecule is COC[C@]1(C(=O)O)CCNC1. The van der Waals surface area contributed by atoms with E-state index < -0.39 is 11.4 Å². The molecule has 1 aliphatic rings. The van der Waals surface area contributed by atoms with Gasteiger partial charge in [0.1, 0.15) is 5.41 Å². The molecule has 64 valence electrons. The molecule has 0 radical (unpaired) electrons. The Kier molecular flexibility index (Phi) is 2.46. The van der Waals surface area contributed by atoms with Crippen molar-refractivity contribution in [1.82, 2.24) is 5.32 Å². The van der Waals surface area contributed by atoms with E-state index in [-0.39, 0.29) is 0 Å². The van der Waals surface area contributed by atoms with Crippen LogP contribution >= 0.6 is 0 Å². The molecule has 0 aromatic carbocycles. The maximum absolute atomic E-state index is 10.8. The van der Waals surface area contributed by atoms with Crippen LogP contribution in [0.15, 0.2) is 0 Å². The normalized spacial score (nSPS) is 30.6. The average molecular weight is 159 g/mol. The largest absolute Gasteiger partial charge is 0.481 e. The molecule has 1 heterocycles. The zero-order valence-electron chi connectivity index (χ0n) is 6.59. The number of hydrogen-bond acceptors (Lipinski definition) is 3. The first-order chi connectivity index (χ1) is 5.21. The van der Waals surface area contributed by atoms with Gasteiger partial charge in [-0.25, -0.2) is 0 Å². The van der Waals surface area contributed by atoms with E-state index in [0.717, 1.165) is 6.54 Å². The summed E-state index contributed by atoms with van der Waals surface area (Å²) in [5, 5.41) is 11.9. The summed E-state index contributed by atoms with van der Waals surface area (Å²) in [7, 11) is 1.53. The van der Waals surface area contributed by atoms with E-state index >= 15 is 0 Å². The quantitative estimate of drug-likeness (QED) is 0.593. The molecule has 1 atom stereocenters. The van der Waals surface area contributed by atoms with E-state index in [2.05, 4.69) is 5.32 Å². The first-order valence-electron chi connectivity index (χ1n) is 3.64. The summed E-state index contributed by atoms with van der Waals surface area (Å²) in [6.07, 6.45) is 0.663. The molecule has 1 rings (SSSR count). The Hall–Kier alpha value is -0.610. The predicted octanol–water partition coefficient (Wildman–Crippen LogP) is -0.303. The van der Waals surface area contributed by atoms with Crippen molar-refractivity contribution in [2.45, 2.75) is 6.42 Å². The minimum Gasteiger partial charge on any atom is -0.481 e. The van der Waals surface area contributed by atoms with Crippen molar-refractivity contribution < 1.29 is 14.6 Å². The minimum absolute atomic E-state index is 0.301. The summed E-state index contributed by atoms with van der Waals surface area (Å²) >= 11 is 0. The van der Waals surface area contributed by atoms with Crippen LogP contribution in [0.3, 0.4) is 0 Å². The predicted molar refractivity (Wildman–Crippen MR) is 39.4 cm³/mol. The monoisotopic (exact) mass is 159 g/mol. The second-order valence-electron chi connectivity index (χ2n) is 2.95. The highest BCUT2D eigenvalue weighted by atomic mass is 16.5. The fourth-order valence-electron chi connectivity index (χ4n) is 1.39. The summed E-state index contributed by atoms with van der Waals surface area (Å²) in [6.45, 7) is 1.60. The lowest BCUT2D eigenvalue weighted by molar-refractivity contribution is -0.150. The standard InChI is InChI=1S/C7H13NO3/c1-11-5-7(6(9)10)2-3-8-4-7/h8H,2-5H2,1H3,(H,9,10)/t7-/m0/s1. The van der Waals surface area contributed by atoms with Crippen LogP contribution in [0.2, 0.25) is 0 Å². The van der Waals surface area contributed by atoms with Crippen LogP contribution in [0.4, 0.5) is 0 Å². The highest BCUT2D eigenvalue weighted by molar-refractivity contribution is 5.75. The number of hydrogen-bond donors (Lipinski definition) is 2. The van der Waals surface area contributed by atoms with Gasteiger partial charge in [0.15, 0.2) is 0 Å². The number of carboxylic acid groups (broad SMARTS) is 1. The van der Waals surface area contributed by atoms with Crippen molar-refractivity contribution in [1.29, 1.82) is 0 Å². The van der Waals surface area contributed by atoms with Gasteiger partial charge in [0.05, 0.1) is 6.61 Å². The second kappa shape index (κ2) is 3.19. The zero-order chi connectivity index (χ0) is 8.32. The summed E-state index contributed by atoms with van der Waals surface area (Å²) in [4.78, 5) is 10.8. The molecule has 2 N–H and O–H groups in total. The number of aliphatic carboxylic acids is 1. The zero-order valence-corrected chi connectivity index (χ0v) is 6.59. The van der Waals surface area contributed by atoms with Crippen molar-refractivity contribution in [2.75, 3.05) is 26.8 Å². The van der Waals surface area contributed by atoms with E-state index in [0.29, 0.717) is 19.6 Å². The lowest BCUT2D eigenvalue weighted by Crippen LogP contribution is -2.37. The topological polar surface area (TPSA) is 58.6 Å². The molecule has 11 heavy (non-hydrogen) atoms. The van der Waals surface area contributed by atoms with Crippen LogP contribution in [0, 0.1) is 5.41 Å². The van der Waals surface area contributed by atoms with Crippen molar-refractivity contribution in [3.63, 3.8) is 0 Å². The fraction of sp³-hybridized carbons (Fsp3) is 0.857. The van der Waals surface area contributed by atoms with Crippen molar-refractivity contribution in [2.24, 2.45) is 5.41 Å². The van der Waals surface area contributed by atoms with E-state index in [1.54, 1.807) is 0 Å². The number of methoxy groups -OCH3 is 1. The third-order valence-electron chi connectivity index (χ3n) is 2.12. The van der Waals surface area contributed by atoms with Gasteiger partial charge in [-0.15, -0.1) is 0 Å². The Labute approximate surface area is 65.5 Å². The van der Waals surface area contributed by atoms with Gasteiger partial charge >= 0.3 is 5.97 Å². The fourth-order valence-corrected chi connectivity index (χ4v) is 1.39. The highest BCUT2D eigenvalue weighted by Crippen LogP contribution is 2.25. The molecule has 0 aromatic rings. The molecule has 1 fully saturated rings. The Balaban J connectivity index is 2.62. The Morgan fingerprint density at radius 3 is 2.91 bits per heavy atom. The van der Waals surface area contributed by atoms with Crippen LogP contribution in [-0.2, 0) is 9.53 Å². The molecule has 0 saturated carbocycles.